The molecule has 26 heavy (non-hydrogen) atoms. The first-order valence-electron chi connectivity index (χ1n) is 10.2. The molecule has 0 saturated carbocycles. The molecule has 0 bridgehead atoms. The lowest BCUT2D eigenvalue weighted by Gasteiger charge is -2.23. The number of carbonyl (C=O) groups is 2. The van der Waals surface area contributed by atoms with Crippen molar-refractivity contribution in [3.05, 3.63) is 35.9 Å². The number of ether oxygens (including phenoxy) is 2. The van der Waals surface area contributed by atoms with Crippen LogP contribution in [0.1, 0.15) is 87.9 Å². The van der Waals surface area contributed by atoms with Crippen molar-refractivity contribution in [1.82, 2.24) is 0 Å². The molecular weight excluding hydrogens is 328 g/mol. The minimum atomic E-state index is -0.339. The standard InChI is InChI=1S/C22H32O4/c1-2-3-4-5-6-7-8-12-15-19(20-16-17-21(23)25-20)26-22(24)18-13-10-9-11-14-18/h9-11,13-14,19-20H,2-8,12,15-17H2,1H3/t19-,20+/m0/s1. The third-order valence-corrected chi connectivity index (χ3v) is 4.94. The molecule has 1 aliphatic rings. The molecule has 1 aliphatic heterocycles. The monoisotopic (exact) mass is 360 g/mol. The number of rotatable bonds is 12. The molecule has 0 amide bonds. The highest BCUT2D eigenvalue weighted by molar-refractivity contribution is 5.89. The number of esters is 2. The molecule has 2 rings (SSSR count). The lowest BCUT2D eigenvalue weighted by atomic mass is 10.0. The van der Waals surface area contributed by atoms with Crippen molar-refractivity contribution in [1.29, 1.82) is 0 Å². The fourth-order valence-corrected chi connectivity index (χ4v) is 3.39. The van der Waals surface area contributed by atoms with Crippen molar-refractivity contribution in [2.24, 2.45) is 0 Å². The van der Waals surface area contributed by atoms with Gasteiger partial charge in [-0.05, 0) is 31.4 Å². The smallest absolute Gasteiger partial charge is 0.338 e. The van der Waals surface area contributed by atoms with Gasteiger partial charge in [0.05, 0.1) is 5.56 Å². The second-order valence-corrected chi connectivity index (χ2v) is 7.14. The van der Waals surface area contributed by atoms with Gasteiger partial charge >= 0.3 is 11.9 Å². The quantitative estimate of drug-likeness (QED) is 0.367. The van der Waals surface area contributed by atoms with E-state index in [-0.39, 0.29) is 24.1 Å². The highest BCUT2D eigenvalue weighted by atomic mass is 16.6. The zero-order valence-electron chi connectivity index (χ0n) is 16.0. The van der Waals surface area contributed by atoms with Crippen LogP contribution in [0.4, 0.5) is 0 Å². The maximum Gasteiger partial charge on any atom is 0.338 e. The third kappa shape index (κ3) is 7.19. The molecule has 1 aromatic rings. The van der Waals surface area contributed by atoms with Crippen LogP contribution in [0.3, 0.4) is 0 Å². The molecule has 144 valence electrons. The van der Waals surface area contributed by atoms with Gasteiger partial charge in [-0.2, -0.15) is 0 Å². The Hall–Kier alpha value is -1.84. The van der Waals surface area contributed by atoms with Crippen LogP contribution in [0.5, 0.6) is 0 Å². The zero-order valence-corrected chi connectivity index (χ0v) is 16.0. The molecule has 0 unspecified atom stereocenters. The first kappa shape index (κ1) is 20.5. The highest BCUT2D eigenvalue weighted by Gasteiger charge is 2.33. The number of hydrogen-bond acceptors (Lipinski definition) is 4. The van der Waals surface area contributed by atoms with Crippen molar-refractivity contribution in [3.63, 3.8) is 0 Å². The van der Waals surface area contributed by atoms with E-state index >= 15 is 0 Å². The van der Waals surface area contributed by atoms with Gasteiger partial charge in [-0.15, -0.1) is 0 Å². The van der Waals surface area contributed by atoms with Crippen LogP contribution >= 0.6 is 0 Å². The lowest BCUT2D eigenvalue weighted by Crippen LogP contribution is -2.31. The van der Waals surface area contributed by atoms with Gasteiger partial charge in [0.1, 0.15) is 12.2 Å². The maximum atomic E-state index is 12.4. The summed E-state index contributed by atoms with van der Waals surface area (Å²) in [7, 11) is 0. The van der Waals surface area contributed by atoms with E-state index in [4.69, 9.17) is 9.47 Å². The molecule has 4 heteroatoms. The number of hydrogen-bond donors (Lipinski definition) is 0. The van der Waals surface area contributed by atoms with Gasteiger partial charge in [-0.25, -0.2) is 4.79 Å². The van der Waals surface area contributed by atoms with Crippen LogP contribution in [0.2, 0.25) is 0 Å². The number of unbranched alkanes of at least 4 members (excludes halogenated alkanes) is 7. The molecule has 1 saturated heterocycles. The predicted octanol–water partition coefficient (Wildman–Crippen LogP) is 5.45. The van der Waals surface area contributed by atoms with Gasteiger partial charge < -0.3 is 9.47 Å². The Balaban J connectivity index is 1.77. The van der Waals surface area contributed by atoms with Crippen LogP contribution in [-0.4, -0.2) is 24.1 Å². The Bertz CT molecular complexity index is 540. The fraction of sp³-hybridized carbons (Fsp3) is 0.636. The van der Waals surface area contributed by atoms with Crippen LogP contribution in [0.25, 0.3) is 0 Å². The number of carbonyl (C=O) groups excluding carboxylic acids is 2. The van der Waals surface area contributed by atoms with Gasteiger partial charge in [0.25, 0.3) is 0 Å². The summed E-state index contributed by atoms with van der Waals surface area (Å²) in [6, 6.07) is 9.00. The molecule has 0 aromatic heterocycles. The summed E-state index contributed by atoms with van der Waals surface area (Å²) in [6.45, 7) is 2.23. The van der Waals surface area contributed by atoms with Crippen molar-refractivity contribution in [2.45, 2.75) is 89.8 Å². The Morgan fingerprint density at radius 3 is 2.35 bits per heavy atom. The largest absolute Gasteiger partial charge is 0.458 e. The Labute approximate surface area is 157 Å². The summed E-state index contributed by atoms with van der Waals surface area (Å²) in [6.07, 6.45) is 11.0. The van der Waals surface area contributed by atoms with Crippen LogP contribution in [-0.2, 0) is 14.3 Å². The topological polar surface area (TPSA) is 52.6 Å². The molecule has 2 atom stereocenters. The van der Waals surface area contributed by atoms with Crippen LogP contribution in [0, 0.1) is 0 Å². The van der Waals surface area contributed by atoms with Crippen molar-refractivity contribution in [3.8, 4) is 0 Å². The van der Waals surface area contributed by atoms with Gasteiger partial charge in [0, 0.05) is 6.42 Å². The molecule has 0 aliphatic carbocycles. The van der Waals surface area contributed by atoms with Crippen molar-refractivity contribution < 1.29 is 19.1 Å². The molecular formula is C22H32O4. The SMILES string of the molecule is CCCCCCCCCC[C@H](OC(=O)c1ccccc1)[C@H]1CCC(=O)O1. The Morgan fingerprint density at radius 2 is 1.73 bits per heavy atom. The first-order valence-corrected chi connectivity index (χ1v) is 10.2. The average molecular weight is 360 g/mol. The van der Waals surface area contributed by atoms with E-state index in [0.29, 0.717) is 18.4 Å². The summed E-state index contributed by atoms with van der Waals surface area (Å²) < 4.78 is 11.1. The third-order valence-electron chi connectivity index (χ3n) is 4.94. The lowest BCUT2D eigenvalue weighted by molar-refractivity contribution is -0.145. The zero-order chi connectivity index (χ0) is 18.6. The Kier molecular flexibility index (Phi) is 9.22. The Morgan fingerprint density at radius 1 is 1.08 bits per heavy atom. The first-order chi connectivity index (χ1) is 12.7. The maximum absolute atomic E-state index is 12.4. The summed E-state index contributed by atoms with van der Waals surface area (Å²) in [4.78, 5) is 23.8. The minimum absolute atomic E-state index is 0.188. The highest BCUT2D eigenvalue weighted by Crippen LogP contribution is 2.24. The predicted molar refractivity (Wildman–Crippen MR) is 102 cm³/mol. The summed E-state index contributed by atoms with van der Waals surface area (Å²) in [5.74, 6) is -0.523. The molecule has 0 radical (unpaired) electrons. The summed E-state index contributed by atoms with van der Waals surface area (Å²) in [5.41, 5.74) is 0.540. The fourth-order valence-electron chi connectivity index (χ4n) is 3.39. The van der Waals surface area contributed by atoms with E-state index in [1.165, 1.54) is 38.5 Å². The van der Waals surface area contributed by atoms with Crippen LogP contribution in [0.15, 0.2) is 30.3 Å². The van der Waals surface area contributed by atoms with Crippen molar-refractivity contribution in [2.75, 3.05) is 0 Å². The number of benzene rings is 1. The second-order valence-electron chi connectivity index (χ2n) is 7.14. The van der Waals surface area contributed by atoms with Crippen molar-refractivity contribution >= 4 is 11.9 Å². The molecule has 1 heterocycles. The van der Waals surface area contributed by atoms with Gasteiger partial charge in [0.2, 0.25) is 0 Å². The summed E-state index contributed by atoms with van der Waals surface area (Å²) in [5, 5.41) is 0. The summed E-state index contributed by atoms with van der Waals surface area (Å²) >= 11 is 0. The van der Waals surface area contributed by atoms with Crippen LogP contribution < -0.4 is 0 Å². The normalized spacial score (nSPS) is 17.7. The minimum Gasteiger partial charge on any atom is -0.458 e. The molecule has 1 fully saturated rings. The molecule has 0 spiro atoms. The van der Waals surface area contributed by atoms with E-state index in [1.54, 1.807) is 12.1 Å². The van der Waals surface area contributed by atoms with E-state index < -0.39 is 0 Å². The van der Waals surface area contributed by atoms with E-state index in [2.05, 4.69) is 6.92 Å². The molecule has 4 nitrogen and oxygen atoms in total. The van der Waals surface area contributed by atoms with E-state index in [0.717, 1.165) is 19.3 Å². The second kappa shape index (κ2) is 11.7. The average Bonchev–Trinajstić information content (AvgIpc) is 3.09. The van der Waals surface area contributed by atoms with Gasteiger partial charge in [-0.1, -0.05) is 70.1 Å². The molecule has 0 N–H and O–H groups in total. The van der Waals surface area contributed by atoms with Gasteiger partial charge in [-0.3, -0.25) is 4.79 Å². The van der Waals surface area contributed by atoms with E-state index in [9.17, 15) is 9.59 Å². The van der Waals surface area contributed by atoms with Gasteiger partial charge in [0.15, 0.2) is 0 Å². The number of cyclic esters (lactones) is 1. The van der Waals surface area contributed by atoms with E-state index in [1.807, 2.05) is 18.2 Å². The molecule has 1 aromatic carbocycles.